The topological polar surface area (TPSA) is 51.1 Å². The molecule has 4 heteroatoms. The summed E-state index contributed by atoms with van der Waals surface area (Å²) in [5, 5.41) is 8.22. The highest BCUT2D eigenvalue weighted by atomic mass is 15.3. The van der Waals surface area contributed by atoms with Gasteiger partial charge in [-0.15, -0.1) is 0 Å². The van der Waals surface area contributed by atoms with Gasteiger partial charge in [0.15, 0.2) is 0 Å². The average Bonchev–Trinajstić information content (AvgIpc) is 2.02. The van der Waals surface area contributed by atoms with Crippen molar-refractivity contribution in [1.82, 2.24) is 15.8 Å². The lowest BCUT2D eigenvalue weighted by Crippen LogP contribution is -2.34. The summed E-state index contributed by atoms with van der Waals surface area (Å²) in [7, 11) is 4.12. The molecule has 70 valence electrons. The molecule has 0 spiro atoms. The van der Waals surface area contributed by atoms with E-state index in [4.69, 9.17) is 5.26 Å². The maximum absolute atomic E-state index is 8.22. The zero-order chi connectivity index (χ0) is 9.23. The first kappa shape index (κ1) is 11.4. The fourth-order valence-electron chi connectivity index (χ4n) is 0.779. The highest BCUT2D eigenvalue weighted by molar-refractivity contribution is 4.68. The quantitative estimate of drug-likeness (QED) is 0.415. The summed E-state index contributed by atoms with van der Waals surface area (Å²) >= 11 is 0. The standard InChI is InChI=1S/C8H18N4/c1-12(2)8-4-7-11-10-6-3-5-9/h10-11H,3-4,6-8H2,1-2H3. The maximum atomic E-state index is 8.22. The third-order valence-corrected chi connectivity index (χ3v) is 1.39. The van der Waals surface area contributed by atoms with Gasteiger partial charge in [0, 0.05) is 19.5 Å². The molecular formula is C8H18N4. The first-order valence-corrected chi connectivity index (χ1v) is 4.24. The van der Waals surface area contributed by atoms with E-state index in [-0.39, 0.29) is 0 Å². The van der Waals surface area contributed by atoms with E-state index in [1.54, 1.807) is 0 Å². The van der Waals surface area contributed by atoms with E-state index in [0.717, 1.165) is 26.1 Å². The summed E-state index contributed by atoms with van der Waals surface area (Å²) in [6.07, 6.45) is 1.67. The third kappa shape index (κ3) is 9.37. The summed E-state index contributed by atoms with van der Waals surface area (Å²) in [6.45, 7) is 2.76. The Morgan fingerprint density at radius 2 is 1.92 bits per heavy atom. The van der Waals surface area contributed by atoms with Crippen LogP contribution in [0.5, 0.6) is 0 Å². The van der Waals surface area contributed by atoms with Crippen LogP contribution in [0.4, 0.5) is 0 Å². The Kier molecular flexibility index (Phi) is 8.02. The Labute approximate surface area is 74.5 Å². The van der Waals surface area contributed by atoms with Gasteiger partial charge in [0.1, 0.15) is 0 Å². The van der Waals surface area contributed by atoms with Crippen molar-refractivity contribution in [3.63, 3.8) is 0 Å². The molecule has 0 aliphatic rings. The number of nitriles is 1. The second-order valence-corrected chi connectivity index (χ2v) is 2.92. The van der Waals surface area contributed by atoms with Crippen molar-refractivity contribution in [2.24, 2.45) is 0 Å². The van der Waals surface area contributed by atoms with Crippen molar-refractivity contribution in [3.05, 3.63) is 0 Å². The molecule has 0 saturated carbocycles. The molecule has 0 rings (SSSR count). The van der Waals surface area contributed by atoms with Crippen molar-refractivity contribution < 1.29 is 0 Å². The van der Waals surface area contributed by atoms with E-state index in [1.165, 1.54) is 0 Å². The predicted molar refractivity (Wildman–Crippen MR) is 49.4 cm³/mol. The SMILES string of the molecule is CN(C)CCCNNCCC#N. The summed E-state index contributed by atoms with van der Waals surface area (Å²) in [6, 6.07) is 2.07. The fourth-order valence-corrected chi connectivity index (χ4v) is 0.779. The fraction of sp³-hybridized carbons (Fsp3) is 0.875. The molecular weight excluding hydrogens is 152 g/mol. The van der Waals surface area contributed by atoms with Crippen LogP contribution in [0.1, 0.15) is 12.8 Å². The molecule has 0 aromatic carbocycles. The van der Waals surface area contributed by atoms with Crippen LogP contribution < -0.4 is 10.9 Å². The Bertz CT molecular complexity index is 128. The van der Waals surface area contributed by atoms with Gasteiger partial charge in [-0.2, -0.15) is 5.26 Å². The van der Waals surface area contributed by atoms with Gasteiger partial charge in [0.25, 0.3) is 0 Å². The summed E-state index contributed by atoms with van der Waals surface area (Å²) < 4.78 is 0. The monoisotopic (exact) mass is 170 g/mol. The first-order chi connectivity index (χ1) is 5.77. The molecule has 0 atom stereocenters. The smallest absolute Gasteiger partial charge is 0.0635 e. The Morgan fingerprint density at radius 1 is 1.25 bits per heavy atom. The molecule has 0 aliphatic heterocycles. The number of hydrazine groups is 1. The molecule has 0 aliphatic carbocycles. The average molecular weight is 170 g/mol. The van der Waals surface area contributed by atoms with Crippen molar-refractivity contribution in [3.8, 4) is 6.07 Å². The molecule has 0 amide bonds. The van der Waals surface area contributed by atoms with E-state index >= 15 is 0 Å². The van der Waals surface area contributed by atoms with Crippen LogP contribution in [-0.2, 0) is 0 Å². The summed E-state index contributed by atoms with van der Waals surface area (Å²) in [5.41, 5.74) is 6.02. The summed E-state index contributed by atoms with van der Waals surface area (Å²) in [5.74, 6) is 0. The number of rotatable bonds is 7. The van der Waals surface area contributed by atoms with Crippen molar-refractivity contribution in [2.75, 3.05) is 33.7 Å². The van der Waals surface area contributed by atoms with Gasteiger partial charge < -0.3 is 4.90 Å². The zero-order valence-electron chi connectivity index (χ0n) is 7.93. The number of nitrogens with one attached hydrogen (secondary N) is 2. The van der Waals surface area contributed by atoms with Gasteiger partial charge in [-0.3, -0.25) is 10.9 Å². The van der Waals surface area contributed by atoms with Crippen LogP contribution in [0.2, 0.25) is 0 Å². The van der Waals surface area contributed by atoms with Crippen LogP contribution >= 0.6 is 0 Å². The van der Waals surface area contributed by atoms with Crippen LogP contribution in [0.25, 0.3) is 0 Å². The molecule has 0 unspecified atom stereocenters. The van der Waals surface area contributed by atoms with Crippen LogP contribution in [0.15, 0.2) is 0 Å². The van der Waals surface area contributed by atoms with Crippen LogP contribution in [0, 0.1) is 11.3 Å². The van der Waals surface area contributed by atoms with Gasteiger partial charge in [0.2, 0.25) is 0 Å². The number of hydrogen-bond donors (Lipinski definition) is 2. The molecule has 0 fully saturated rings. The highest BCUT2D eigenvalue weighted by Crippen LogP contribution is 1.79. The number of hydrogen-bond acceptors (Lipinski definition) is 4. The molecule has 0 bridgehead atoms. The van der Waals surface area contributed by atoms with Crippen molar-refractivity contribution in [2.45, 2.75) is 12.8 Å². The molecule has 4 nitrogen and oxygen atoms in total. The zero-order valence-corrected chi connectivity index (χ0v) is 7.93. The van der Waals surface area contributed by atoms with Crippen LogP contribution in [-0.4, -0.2) is 38.6 Å². The molecule has 0 aromatic heterocycles. The van der Waals surface area contributed by atoms with Gasteiger partial charge in [-0.1, -0.05) is 0 Å². The molecule has 0 radical (unpaired) electrons. The Hall–Kier alpha value is -0.630. The molecule has 0 saturated heterocycles. The highest BCUT2D eigenvalue weighted by Gasteiger charge is 1.89. The van der Waals surface area contributed by atoms with Crippen molar-refractivity contribution in [1.29, 1.82) is 5.26 Å². The minimum Gasteiger partial charge on any atom is -0.309 e. The van der Waals surface area contributed by atoms with E-state index in [2.05, 4.69) is 35.9 Å². The molecule has 0 aromatic rings. The maximum Gasteiger partial charge on any atom is 0.0635 e. The second-order valence-electron chi connectivity index (χ2n) is 2.92. The minimum absolute atomic E-state index is 0.556. The first-order valence-electron chi connectivity index (χ1n) is 4.24. The molecule has 0 heterocycles. The van der Waals surface area contributed by atoms with E-state index in [9.17, 15) is 0 Å². The van der Waals surface area contributed by atoms with E-state index in [1.807, 2.05) is 0 Å². The normalized spacial score (nSPS) is 10.2. The molecule has 2 N–H and O–H groups in total. The van der Waals surface area contributed by atoms with E-state index in [0.29, 0.717) is 6.42 Å². The third-order valence-electron chi connectivity index (χ3n) is 1.39. The Balaban J connectivity index is 2.87. The Morgan fingerprint density at radius 3 is 2.50 bits per heavy atom. The minimum atomic E-state index is 0.556. The lowest BCUT2D eigenvalue weighted by Gasteiger charge is -2.09. The van der Waals surface area contributed by atoms with Crippen molar-refractivity contribution >= 4 is 0 Å². The summed E-state index contributed by atoms with van der Waals surface area (Å²) in [4.78, 5) is 2.15. The lowest BCUT2D eigenvalue weighted by molar-refractivity contribution is 0.386. The largest absolute Gasteiger partial charge is 0.309 e. The predicted octanol–water partition coefficient (Wildman–Crippen LogP) is -0.0540. The van der Waals surface area contributed by atoms with E-state index < -0.39 is 0 Å². The van der Waals surface area contributed by atoms with Crippen LogP contribution in [0.3, 0.4) is 0 Å². The second kappa shape index (κ2) is 8.47. The van der Waals surface area contributed by atoms with Gasteiger partial charge in [-0.05, 0) is 27.1 Å². The molecule has 12 heavy (non-hydrogen) atoms. The van der Waals surface area contributed by atoms with Gasteiger partial charge in [0.05, 0.1) is 6.07 Å². The van der Waals surface area contributed by atoms with Gasteiger partial charge in [-0.25, -0.2) is 0 Å². The van der Waals surface area contributed by atoms with Gasteiger partial charge >= 0.3 is 0 Å². The lowest BCUT2D eigenvalue weighted by atomic mass is 10.4. The number of nitrogens with zero attached hydrogens (tertiary/aromatic N) is 2.